The largest absolute Gasteiger partial charge is 0.508 e. The van der Waals surface area contributed by atoms with Crippen LogP contribution in [0.25, 0.3) is 0 Å². The molecule has 3 nitrogen and oxygen atoms in total. The predicted octanol–water partition coefficient (Wildman–Crippen LogP) is 2.81. The zero-order chi connectivity index (χ0) is 13.1. The van der Waals surface area contributed by atoms with Crippen molar-refractivity contribution in [3.8, 4) is 5.75 Å². The first-order valence-corrected chi connectivity index (χ1v) is 6.68. The maximum atomic E-state index is 9.93. The van der Waals surface area contributed by atoms with Gasteiger partial charge in [-0.1, -0.05) is 25.1 Å². The number of phenolic OH excluding ortho intramolecular Hbond substituents is 1. The zero-order valence-corrected chi connectivity index (χ0v) is 11.5. The Morgan fingerprint density at radius 3 is 2.78 bits per heavy atom. The smallest absolute Gasteiger partial charge is 0.120 e. The normalized spacial score (nSPS) is 27.1. The van der Waals surface area contributed by atoms with Gasteiger partial charge in [0, 0.05) is 25.3 Å². The van der Waals surface area contributed by atoms with Gasteiger partial charge >= 0.3 is 0 Å². The van der Waals surface area contributed by atoms with E-state index in [0.29, 0.717) is 17.8 Å². The quantitative estimate of drug-likeness (QED) is 0.894. The predicted molar refractivity (Wildman–Crippen MR) is 72.7 cm³/mol. The van der Waals surface area contributed by atoms with E-state index in [9.17, 15) is 5.11 Å². The van der Waals surface area contributed by atoms with Crippen molar-refractivity contribution in [1.29, 1.82) is 0 Å². The van der Waals surface area contributed by atoms with Crippen LogP contribution >= 0.6 is 0 Å². The highest BCUT2D eigenvalue weighted by molar-refractivity contribution is 5.34. The Balaban J connectivity index is 2.10. The van der Waals surface area contributed by atoms with Gasteiger partial charge in [0.25, 0.3) is 0 Å². The monoisotopic (exact) mass is 249 g/mol. The molecule has 0 amide bonds. The lowest BCUT2D eigenvalue weighted by atomic mass is 9.93. The highest BCUT2D eigenvalue weighted by atomic mass is 16.5. The minimum atomic E-state index is 0.233. The number of hydrogen-bond donors (Lipinski definition) is 1. The average Bonchev–Trinajstić information content (AvgIpc) is 2.39. The highest BCUT2D eigenvalue weighted by Gasteiger charge is 2.29. The summed E-state index contributed by atoms with van der Waals surface area (Å²) in [6.45, 7) is 6.40. The van der Waals surface area contributed by atoms with E-state index in [1.165, 1.54) is 0 Å². The van der Waals surface area contributed by atoms with Crippen LogP contribution in [0.2, 0.25) is 0 Å². The molecule has 1 saturated heterocycles. The second-order valence-corrected chi connectivity index (χ2v) is 5.27. The van der Waals surface area contributed by atoms with Gasteiger partial charge < -0.3 is 9.84 Å². The minimum Gasteiger partial charge on any atom is -0.508 e. The topological polar surface area (TPSA) is 32.7 Å². The number of phenols is 1. The highest BCUT2D eigenvalue weighted by Crippen LogP contribution is 2.31. The summed E-state index contributed by atoms with van der Waals surface area (Å²) in [5.41, 5.74) is 1.00. The van der Waals surface area contributed by atoms with Crippen molar-refractivity contribution < 1.29 is 9.84 Å². The first-order chi connectivity index (χ1) is 8.63. The molecule has 18 heavy (non-hydrogen) atoms. The molecule has 0 radical (unpaired) electrons. The molecule has 1 N–H and O–H groups in total. The van der Waals surface area contributed by atoms with Gasteiger partial charge in [-0.3, -0.25) is 4.90 Å². The van der Waals surface area contributed by atoms with Gasteiger partial charge in [0.05, 0.1) is 6.10 Å². The van der Waals surface area contributed by atoms with E-state index in [4.69, 9.17) is 4.74 Å². The van der Waals surface area contributed by atoms with Crippen LogP contribution in [0.3, 0.4) is 0 Å². The van der Waals surface area contributed by atoms with E-state index in [1.54, 1.807) is 13.2 Å². The molecule has 0 bridgehead atoms. The van der Waals surface area contributed by atoms with Crippen LogP contribution < -0.4 is 0 Å². The summed E-state index contributed by atoms with van der Waals surface area (Å²) in [4.78, 5) is 2.39. The number of ether oxygens (including phenoxy) is 1. The molecule has 0 saturated carbocycles. The number of methoxy groups -OCH3 is 1. The molecule has 100 valence electrons. The molecule has 0 aromatic heterocycles. The van der Waals surface area contributed by atoms with E-state index in [2.05, 4.69) is 18.7 Å². The van der Waals surface area contributed by atoms with Crippen LogP contribution in [-0.2, 0) is 4.74 Å². The standard InChI is InChI=1S/C15H23NO2/c1-11-8-9-16(10-15(11)18-3)12(2)13-6-4-5-7-14(13)17/h4-7,11-12,15,17H,8-10H2,1-3H3. The molecule has 1 aliphatic rings. The van der Waals surface area contributed by atoms with Gasteiger partial charge in [-0.05, 0) is 31.9 Å². The van der Waals surface area contributed by atoms with E-state index in [0.717, 1.165) is 25.1 Å². The Labute approximate surface area is 109 Å². The van der Waals surface area contributed by atoms with Gasteiger partial charge in [-0.15, -0.1) is 0 Å². The lowest BCUT2D eigenvalue weighted by Crippen LogP contribution is -2.44. The van der Waals surface area contributed by atoms with Crippen molar-refractivity contribution >= 4 is 0 Å². The molecule has 1 aliphatic heterocycles. The van der Waals surface area contributed by atoms with Gasteiger partial charge in [0.15, 0.2) is 0 Å². The third-order valence-electron chi connectivity index (χ3n) is 4.16. The molecule has 3 heteroatoms. The van der Waals surface area contributed by atoms with Crippen molar-refractivity contribution in [2.45, 2.75) is 32.4 Å². The molecule has 1 aromatic carbocycles. The van der Waals surface area contributed by atoms with Crippen LogP contribution in [-0.4, -0.2) is 36.3 Å². The number of para-hydroxylation sites is 1. The molecule has 2 rings (SSSR count). The Morgan fingerprint density at radius 2 is 2.11 bits per heavy atom. The number of hydrogen-bond acceptors (Lipinski definition) is 3. The molecule has 0 aliphatic carbocycles. The van der Waals surface area contributed by atoms with E-state index >= 15 is 0 Å². The zero-order valence-electron chi connectivity index (χ0n) is 11.5. The molecule has 3 atom stereocenters. The summed E-state index contributed by atoms with van der Waals surface area (Å²) < 4.78 is 5.55. The third-order valence-corrected chi connectivity index (χ3v) is 4.16. The molecule has 1 heterocycles. The first kappa shape index (κ1) is 13.4. The summed E-state index contributed by atoms with van der Waals surface area (Å²) in [7, 11) is 1.79. The average molecular weight is 249 g/mol. The number of rotatable bonds is 3. The van der Waals surface area contributed by atoms with Crippen LogP contribution in [0.1, 0.15) is 31.9 Å². The lowest BCUT2D eigenvalue weighted by molar-refractivity contribution is -0.0173. The molecule has 0 spiro atoms. The number of benzene rings is 1. The summed E-state index contributed by atoms with van der Waals surface area (Å²) in [6, 6.07) is 7.83. The van der Waals surface area contributed by atoms with Gasteiger partial charge in [-0.25, -0.2) is 0 Å². The van der Waals surface area contributed by atoms with E-state index in [1.807, 2.05) is 18.2 Å². The fourth-order valence-electron chi connectivity index (χ4n) is 2.75. The Bertz CT molecular complexity index is 394. The third kappa shape index (κ3) is 2.68. The minimum absolute atomic E-state index is 0.233. The molecular weight excluding hydrogens is 226 g/mol. The van der Waals surface area contributed by atoms with Crippen molar-refractivity contribution in [3.63, 3.8) is 0 Å². The first-order valence-electron chi connectivity index (χ1n) is 6.68. The van der Waals surface area contributed by atoms with Crippen LogP contribution in [0.5, 0.6) is 5.75 Å². The second-order valence-electron chi connectivity index (χ2n) is 5.27. The second kappa shape index (κ2) is 5.72. The van der Waals surface area contributed by atoms with Crippen molar-refractivity contribution in [1.82, 2.24) is 4.90 Å². The summed E-state index contributed by atoms with van der Waals surface area (Å²) in [5, 5.41) is 9.93. The maximum absolute atomic E-state index is 9.93. The lowest BCUT2D eigenvalue weighted by Gasteiger charge is -2.39. The molecule has 1 aromatic rings. The summed E-state index contributed by atoms with van der Waals surface area (Å²) in [5.74, 6) is 1.00. The Hall–Kier alpha value is -1.06. The molecule has 3 unspecified atom stereocenters. The van der Waals surface area contributed by atoms with Crippen molar-refractivity contribution in [2.24, 2.45) is 5.92 Å². The Kier molecular flexibility index (Phi) is 4.25. The Morgan fingerprint density at radius 1 is 1.39 bits per heavy atom. The SMILES string of the molecule is COC1CN(C(C)c2ccccc2O)CCC1C. The molecule has 1 fully saturated rings. The van der Waals surface area contributed by atoms with Gasteiger partial charge in [0.1, 0.15) is 5.75 Å². The van der Waals surface area contributed by atoms with Gasteiger partial charge in [-0.2, -0.15) is 0 Å². The van der Waals surface area contributed by atoms with Crippen molar-refractivity contribution in [2.75, 3.05) is 20.2 Å². The van der Waals surface area contributed by atoms with Crippen LogP contribution in [0, 0.1) is 5.92 Å². The number of aromatic hydroxyl groups is 1. The van der Waals surface area contributed by atoms with E-state index in [-0.39, 0.29) is 6.04 Å². The summed E-state index contributed by atoms with van der Waals surface area (Å²) >= 11 is 0. The van der Waals surface area contributed by atoms with Crippen molar-refractivity contribution in [3.05, 3.63) is 29.8 Å². The van der Waals surface area contributed by atoms with Gasteiger partial charge in [0.2, 0.25) is 0 Å². The number of piperidine rings is 1. The number of likely N-dealkylation sites (tertiary alicyclic amines) is 1. The fourth-order valence-corrected chi connectivity index (χ4v) is 2.75. The molecular formula is C15H23NO2. The fraction of sp³-hybridized carbons (Fsp3) is 0.600. The van der Waals surface area contributed by atoms with E-state index < -0.39 is 0 Å². The van der Waals surface area contributed by atoms with Crippen LogP contribution in [0.4, 0.5) is 0 Å². The summed E-state index contributed by atoms with van der Waals surface area (Å²) in [6.07, 6.45) is 1.45. The maximum Gasteiger partial charge on any atom is 0.120 e. The number of nitrogens with zero attached hydrogens (tertiary/aromatic N) is 1. The van der Waals surface area contributed by atoms with Crippen LogP contribution in [0.15, 0.2) is 24.3 Å².